The molecule has 0 atom stereocenters. The van der Waals surface area contributed by atoms with Crippen LogP contribution in [0.4, 0.5) is 0 Å². The summed E-state index contributed by atoms with van der Waals surface area (Å²) in [5.74, 6) is 0. The molecule has 63 heavy (non-hydrogen) atoms. The summed E-state index contributed by atoms with van der Waals surface area (Å²) in [6.07, 6.45) is 0. The Hall–Kier alpha value is -7.98. The molecule has 2 aromatic heterocycles. The van der Waals surface area contributed by atoms with Gasteiger partial charge in [0.1, 0.15) is 0 Å². The Morgan fingerprint density at radius 2 is 0.571 bits per heavy atom. The van der Waals surface area contributed by atoms with Crippen molar-refractivity contribution < 1.29 is 0 Å². The minimum Gasteiger partial charge on any atom is -0.309 e. The van der Waals surface area contributed by atoms with Crippen LogP contribution in [0, 0.1) is 0 Å². The quantitative estimate of drug-likeness (QED) is 0.107. The summed E-state index contributed by atoms with van der Waals surface area (Å²) in [6.45, 7) is 0. The summed E-state index contributed by atoms with van der Waals surface area (Å²) in [5, 5.41) is 10.4. The summed E-state index contributed by atoms with van der Waals surface area (Å²) in [6, 6.07) is 94.2. The zero-order valence-corrected chi connectivity index (χ0v) is 35.6. The largest absolute Gasteiger partial charge is 0.309 e. The van der Waals surface area contributed by atoms with Crippen molar-refractivity contribution in [1.29, 1.82) is 0 Å². The van der Waals surface area contributed by atoms with Crippen molar-refractivity contribution >= 4 is 72.4 Å². The highest BCUT2D eigenvalue weighted by atomic mass is 28.3. The maximum Gasteiger partial charge on any atom is 0.179 e. The third kappa shape index (κ3) is 6.00. The van der Waals surface area contributed by atoms with Crippen molar-refractivity contribution in [2.75, 3.05) is 0 Å². The normalized spacial score (nSPS) is 11.8. The topological polar surface area (TPSA) is 9.86 Å². The molecular weight excluding hydrogens is 777 g/mol. The van der Waals surface area contributed by atoms with E-state index in [4.69, 9.17) is 0 Å². The molecule has 0 aliphatic carbocycles. The second-order valence-electron chi connectivity index (χ2n) is 16.5. The first-order chi connectivity index (χ1) is 31.3. The number of hydrogen-bond acceptors (Lipinski definition) is 0. The van der Waals surface area contributed by atoms with E-state index in [1.807, 2.05) is 0 Å². The van der Waals surface area contributed by atoms with Crippen LogP contribution in [-0.2, 0) is 0 Å². The number of rotatable bonds is 8. The summed E-state index contributed by atoms with van der Waals surface area (Å²) >= 11 is 0. The van der Waals surface area contributed by atoms with E-state index in [0.717, 1.165) is 11.4 Å². The van der Waals surface area contributed by atoms with Crippen molar-refractivity contribution in [3.8, 4) is 33.6 Å². The van der Waals surface area contributed by atoms with E-state index in [1.54, 1.807) is 0 Å². The number of hydrogen-bond donors (Lipinski definition) is 0. The average molecular weight is 819 g/mol. The maximum absolute atomic E-state index is 2.77. The highest BCUT2D eigenvalue weighted by molar-refractivity contribution is 7.20. The Bertz CT molecular complexity index is 3480. The molecule has 0 aliphatic heterocycles. The third-order valence-electron chi connectivity index (χ3n) is 13.1. The number of nitrogens with zero attached hydrogens (tertiary/aromatic N) is 2. The van der Waals surface area contributed by atoms with Crippen molar-refractivity contribution in [2.45, 2.75) is 0 Å². The molecule has 2 heterocycles. The Balaban J connectivity index is 1.05. The van der Waals surface area contributed by atoms with Gasteiger partial charge in [-0.05, 0) is 85.5 Å². The van der Waals surface area contributed by atoms with E-state index < -0.39 is 8.07 Å². The van der Waals surface area contributed by atoms with Gasteiger partial charge in [0.05, 0.1) is 22.1 Å². The van der Waals surface area contributed by atoms with Gasteiger partial charge in [0.2, 0.25) is 0 Å². The number of benzene rings is 10. The van der Waals surface area contributed by atoms with E-state index in [0.29, 0.717) is 0 Å². The van der Waals surface area contributed by atoms with E-state index in [1.165, 1.54) is 86.6 Å². The van der Waals surface area contributed by atoms with Gasteiger partial charge in [-0.25, -0.2) is 0 Å². The smallest absolute Gasteiger partial charge is 0.179 e. The minimum atomic E-state index is -2.77. The van der Waals surface area contributed by atoms with Gasteiger partial charge in [-0.1, -0.05) is 212 Å². The van der Waals surface area contributed by atoms with Crippen LogP contribution < -0.4 is 20.7 Å². The molecule has 0 amide bonds. The van der Waals surface area contributed by atoms with Crippen molar-refractivity contribution in [3.05, 3.63) is 255 Å². The van der Waals surface area contributed by atoms with E-state index in [2.05, 4.69) is 264 Å². The molecule has 0 N–H and O–H groups in total. The monoisotopic (exact) mass is 818 g/mol. The van der Waals surface area contributed by atoms with Crippen LogP contribution >= 0.6 is 0 Å². The summed E-state index contributed by atoms with van der Waals surface area (Å²) in [5.41, 5.74) is 11.9. The van der Waals surface area contributed by atoms with E-state index in [-0.39, 0.29) is 0 Å². The number of para-hydroxylation sites is 2. The molecule has 12 aromatic rings. The van der Waals surface area contributed by atoms with Crippen molar-refractivity contribution in [2.24, 2.45) is 0 Å². The first-order valence-corrected chi connectivity index (χ1v) is 23.8. The van der Waals surface area contributed by atoms with Crippen LogP contribution in [-0.4, -0.2) is 17.2 Å². The molecule has 0 radical (unpaired) electrons. The lowest BCUT2D eigenvalue weighted by atomic mass is 10.0. The third-order valence-corrected chi connectivity index (χ3v) is 17.9. The molecule has 3 heteroatoms. The highest BCUT2D eigenvalue weighted by Gasteiger charge is 2.41. The zero-order valence-electron chi connectivity index (χ0n) is 34.6. The Kier molecular flexibility index (Phi) is 8.87. The van der Waals surface area contributed by atoms with Crippen LogP contribution in [0.3, 0.4) is 0 Å². The lowest BCUT2D eigenvalue weighted by molar-refractivity contribution is 1.15. The Morgan fingerprint density at radius 1 is 0.222 bits per heavy atom. The molecule has 0 aliphatic rings. The number of aromatic nitrogens is 2. The first-order valence-electron chi connectivity index (χ1n) is 21.8. The second-order valence-corrected chi connectivity index (χ2v) is 20.3. The lowest BCUT2D eigenvalue weighted by Crippen LogP contribution is -2.74. The predicted octanol–water partition coefficient (Wildman–Crippen LogP) is 12.6. The SMILES string of the molecule is c1ccc(-c2ccc(-c3ccc(-n4c5ccccc5c5ccc(-n6c7ccccc7c7ccc([Si](c8ccccc8)(c8ccccc8)c8ccccc8)cc76)cc54)cc3)cc2)cc1. The molecule has 296 valence electrons. The molecule has 10 aromatic carbocycles. The molecule has 0 unspecified atom stereocenters. The molecule has 0 saturated heterocycles. The standard InChI is InChI=1S/C60H42N2Si/c1-5-17-43(18-6-1)44-29-31-45(32-30-44)46-33-35-47(36-34-46)61-57-27-15-13-25-53(57)55-39-37-48(41-59(55)61)62-58-28-16-14-26-54(58)56-40-38-52(42-60(56)62)63(49-19-7-2-8-20-49,50-21-9-3-10-22-50)51-23-11-4-12-24-51/h1-42H. The van der Waals surface area contributed by atoms with Gasteiger partial charge in [-0.15, -0.1) is 0 Å². The van der Waals surface area contributed by atoms with Crippen LogP contribution in [0.2, 0.25) is 0 Å². The van der Waals surface area contributed by atoms with Crippen molar-refractivity contribution in [3.63, 3.8) is 0 Å². The van der Waals surface area contributed by atoms with Crippen LogP contribution in [0.5, 0.6) is 0 Å². The van der Waals surface area contributed by atoms with Gasteiger partial charge in [0, 0.05) is 32.9 Å². The molecule has 0 saturated carbocycles. The Morgan fingerprint density at radius 3 is 1.08 bits per heavy atom. The minimum absolute atomic E-state index is 1.14. The van der Waals surface area contributed by atoms with Gasteiger partial charge < -0.3 is 9.13 Å². The Labute approximate surface area is 368 Å². The lowest BCUT2D eigenvalue weighted by Gasteiger charge is -2.34. The summed E-state index contributed by atoms with van der Waals surface area (Å²) in [7, 11) is -2.77. The molecule has 12 rings (SSSR count). The van der Waals surface area contributed by atoms with Gasteiger partial charge in [0.15, 0.2) is 8.07 Å². The molecule has 0 fully saturated rings. The molecule has 0 spiro atoms. The van der Waals surface area contributed by atoms with Gasteiger partial charge in [-0.3, -0.25) is 0 Å². The molecular formula is C60H42N2Si. The van der Waals surface area contributed by atoms with Gasteiger partial charge in [-0.2, -0.15) is 0 Å². The zero-order chi connectivity index (χ0) is 41.7. The van der Waals surface area contributed by atoms with Gasteiger partial charge in [0.25, 0.3) is 0 Å². The van der Waals surface area contributed by atoms with E-state index >= 15 is 0 Å². The predicted molar refractivity (Wildman–Crippen MR) is 270 cm³/mol. The summed E-state index contributed by atoms with van der Waals surface area (Å²) < 4.78 is 4.94. The van der Waals surface area contributed by atoms with Gasteiger partial charge >= 0.3 is 0 Å². The fraction of sp³-hybridized carbons (Fsp3) is 0. The average Bonchev–Trinajstić information content (AvgIpc) is 3.88. The first kappa shape index (κ1) is 36.8. The number of fused-ring (bicyclic) bond motifs is 6. The van der Waals surface area contributed by atoms with Crippen LogP contribution in [0.15, 0.2) is 255 Å². The fourth-order valence-corrected chi connectivity index (χ4v) is 15.0. The molecule has 0 bridgehead atoms. The second kappa shape index (κ2) is 15.2. The molecule has 2 nitrogen and oxygen atoms in total. The maximum atomic E-state index is 2.51. The summed E-state index contributed by atoms with van der Waals surface area (Å²) in [4.78, 5) is 0. The van der Waals surface area contributed by atoms with E-state index in [9.17, 15) is 0 Å². The van der Waals surface area contributed by atoms with Crippen LogP contribution in [0.25, 0.3) is 77.2 Å². The highest BCUT2D eigenvalue weighted by Crippen LogP contribution is 2.37. The fourth-order valence-electron chi connectivity index (χ4n) is 10.2. The van der Waals surface area contributed by atoms with Crippen molar-refractivity contribution in [1.82, 2.24) is 9.13 Å². The van der Waals surface area contributed by atoms with Crippen LogP contribution in [0.1, 0.15) is 0 Å².